The summed E-state index contributed by atoms with van der Waals surface area (Å²) in [5.41, 5.74) is 0. The third-order valence-electron chi connectivity index (χ3n) is 3.47. The SMILES string of the molecule is CN(C)Cc1nnc(NCCC2CCCCC2)o1. The molecule has 1 heterocycles. The van der Waals surface area contributed by atoms with E-state index in [0.29, 0.717) is 18.5 Å². The van der Waals surface area contributed by atoms with Gasteiger partial charge < -0.3 is 14.6 Å². The molecule has 1 aliphatic rings. The van der Waals surface area contributed by atoms with Crippen LogP contribution in [-0.4, -0.2) is 35.7 Å². The second-order valence-electron chi connectivity index (χ2n) is 5.46. The Bertz CT molecular complexity index is 345. The number of aromatic nitrogens is 2. The molecule has 0 radical (unpaired) electrons. The lowest BCUT2D eigenvalue weighted by molar-refractivity contribution is 0.339. The Morgan fingerprint density at radius 1 is 1.22 bits per heavy atom. The molecule has 1 aromatic rings. The van der Waals surface area contributed by atoms with Crippen molar-refractivity contribution in [3.8, 4) is 0 Å². The molecule has 0 atom stereocenters. The van der Waals surface area contributed by atoms with Crippen LogP contribution in [0.4, 0.5) is 6.01 Å². The molecule has 1 N–H and O–H groups in total. The fraction of sp³-hybridized carbons (Fsp3) is 0.846. The van der Waals surface area contributed by atoms with E-state index in [4.69, 9.17) is 4.42 Å². The average molecular weight is 252 g/mol. The van der Waals surface area contributed by atoms with Crippen LogP contribution in [0.3, 0.4) is 0 Å². The lowest BCUT2D eigenvalue weighted by atomic mass is 9.87. The van der Waals surface area contributed by atoms with Gasteiger partial charge in [0, 0.05) is 6.54 Å². The number of rotatable bonds is 6. The van der Waals surface area contributed by atoms with Gasteiger partial charge >= 0.3 is 6.01 Å². The van der Waals surface area contributed by atoms with Crippen molar-refractivity contribution in [3.63, 3.8) is 0 Å². The molecule has 2 rings (SSSR count). The Morgan fingerprint density at radius 2 is 2.00 bits per heavy atom. The van der Waals surface area contributed by atoms with Gasteiger partial charge in [0.15, 0.2) is 0 Å². The van der Waals surface area contributed by atoms with E-state index < -0.39 is 0 Å². The standard InChI is InChI=1S/C13H24N4O/c1-17(2)10-12-15-16-13(18-12)14-9-8-11-6-4-3-5-7-11/h11H,3-10H2,1-2H3,(H,14,16). The van der Waals surface area contributed by atoms with Gasteiger partial charge in [-0.3, -0.25) is 0 Å². The van der Waals surface area contributed by atoms with Crippen molar-refractivity contribution in [2.45, 2.75) is 45.1 Å². The van der Waals surface area contributed by atoms with E-state index in [9.17, 15) is 0 Å². The van der Waals surface area contributed by atoms with Crippen LogP contribution in [0.25, 0.3) is 0 Å². The molecule has 0 aliphatic heterocycles. The van der Waals surface area contributed by atoms with Gasteiger partial charge in [-0.05, 0) is 26.4 Å². The molecule has 0 bridgehead atoms. The van der Waals surface area contributed by atoms with Crippen LogP contribution >= 0.6 is 0 Å². The van der Waals surface area contributed by atoms with Crippen molar-refractivity contribution in [2.75, 3.05) is 26.0 Å². The molecule has 5 heteroatoms. The largest absolute Gasteiger partial charge is 0.407 e. The minimum Gasteiger partial charge on any atom is -0.407 e. The Kier molecular flexibility index (Phi) is 4.99. The summed E-state index contributed by atoms with van der Waals surface area (Å²) in [6.07, 6.45) is 8.21. The van der Waals surface area contributed by atoms with Crippen LogP contribution in [0.5, 0.6) is 0 Å². The molecule has 0 spiro atoms. The van der Waals surface area contributed by atoms with Gasteiger partial charge in [-0.15, -0.1) is 5.10 Å². The summed E-state index contributed by atoms with van der Waals surface area (Å²) in [6, 6.07) is 0.558. The average Bonchev–Trinajstić information content (AvgIpc) is 2.77. The minimum atomic E-state index is 0.558. The lowest BCUT2D eigenvalue weighted by Crippen LogP contribution is -2.12. The Labute approximate surface area is 109 Å². The quantitative estimate of drug-likeness (QED) is 0.843. The molecule has 1 saturated carbocycles. The molecule has 0 unspecified atom stereocenters. The first-order chi connectivity index (χ1) is 8.74. The normalized spacial score (nSPS) is 17.3. The van der Waals surface area contributed by atoms with Crippen molar-refractivity contribution in [3.05, 3.63) is 5.89 Å². The maximum atomic E-state index is 5.51. The predicted octanol–water partition coefficient (Wildman–Crippen LogP) is 2.51. The second kappa shape index (κ2) is 6.73. The molecule has 1 fully saturated rings. The summed E-state index contributed by atoms with van der Waals surface area (Å²) >= 11 is 0. The molecule has 18 heavy (non-hydrogen) atoms. The molecular weight excluding hydrogens is 228 g/mol. The van der Waals surface area contributed by atoms with Crippen LogP contribution in [0, 0.1) is 5.92 Å². The maximum absolute atomic E-state index is 5.51. The Morgan fingerprint density at radius 3 is 2.72 bits per heavy atom. The molecular formula is C13H24N4O. The first-order valence-electron chi connectivity index (χ1n) is 6.95. The molecule has 0 saturated heterocycles. The van der Waals surface area contributed by atoms with Crippen molar-refractivity contribution in [2.24, 2.45) is 5.92 Å². The monoisotopic (exact) mass is 252 g/mol. The first-order valence-corrected chi connectivity index (χ1v) is 6.95. The summed E-state index contributed by atoms with van der Waals surface area (Å²) in [5, 5.41) is 11.2. The van der Waals surface area contributed by atoms with Crippen molar-refractivity contribution < 1.29 is 4.42 Å². The molecule has 0 amide bonds. The number of hydrogen-bond acceptors (Lipinski definition) is 5. The van der Waals surface area contributed by atoms with Gasteiger partial charge in [0.1, 0.15) is 0 Å². The van der Waals surface area contributed by atoms with E-state index in [1.165, 1.54) is 38.5 Å². The highest BCUT2D eigenvalue weighted by Crippen LogP contribution is 2.26. The first kappa shape index (κ1) is 13.3. The second-order valence-corrected chi connectivity index (χ2v) is 5.46. The summed E-state index contributed by atoms with van der Waals surface area (Å²) in [4.78, 5) is 2.01. The fourth-order valence-corrected chi connectivity index (χ4v) is 2.52. The van der Waals surface area contributed by atoms with E-state index in [1.54, 1.807) is 0 Å². The van der Waals surface area contributed by atoms with Crippen LogP contribution in [-0.2, 0) is 6.54 Å². The van der Waals surface area contributed by atoms with Gasteiger partial charge in [0.25, 0.3) is 0 Å². The summed E-state index contributed by atoms with van der Waals surface area (Å²) < 4.78 is 5.51. The van der Waals surface area contributed by atoms with Gasteiger partial charge in [-0.25, -0.2) is 0 Å². The summed E-state index contributed by atoms with van der Waals surface area (Å²) in [5.74, 6) is 1.55. The fourth-order valence-electron chi connectivity index (χ4n) is 2.52. The van der Waals surface area contributed by atoms with E-state index in [1.807, 2.05) is 19.0 Å². The third-order valence-corrected chi connectivity index (χ3v) is 3.47. The van der Waals surface area contributed by atoms with Gasteiger partial charge in [-0.2, -0.15) is 0 Å². The Hall–Kier alpha value is -1.10. The number of anilines is 1. The predicted molar refractivity (Wildman–Crippen MR) is 71.4 cm³/mol. The van der Waals surface area contributed by atoms with Crippen LogP contribution in [0.2, 0.25) is 0 Å². The zero-order valence-corrected chi connectivity index (χ0v) is 11.5. The van der Waals surface area contributed by atoms with E-state index in [2.05, 4.69) is 15.5 Å². The topological polar surface area (TPSA) is 54.2 Å². The van der Waals surface area contributed by atoms with Crippen molar-refractivity contribution in [1.82, 2.24) is 15.1 Å². The maximum Gasteiger partial charge on any atom is 0.315 e. The molecule has 5 nitrogen and oxygen atoms in total. The zero-order valence-electron chi connectivity index (χ0n) is 11.5. The zero-order chi connectivity index (χ0) is 12.8. The van der Waals surface area contributed by atoms with Crippen LogP contribution < -0.4 is 5.32 Å². The Balaban J connectivity index is 1.67. The van der Waals surface area contributed by atoms with Gasteiger partial charge in [-0.1, -0.05) is 37.2 Å². The molecule has 1 aromatic heterocycles. The molecule has 102 valence electrons. The van der Waals surface area contributed by atoms with E-state index in [0.717, 1.165) is 12.5 Å². The summed E-state index contributed by atoms with van der Waals surface area (Å²) in [7, 11) is 3.97. The van der Waals surface area contributed by atoms with Gasteiger partial charge in [0.2, 0.25) is 5.89 Å². The van der Waals surface area contributed by atoms with Gasteiger partial charge in [0.05, 0.1) is 6.54 Å². The van der Waals surface area contributed by atoms with Crippen LogP contribution in [0.15, 0.2) is 4.42 Å². The molecule has 0 aromatic carbocycles. The van der Waals surface area contributed by atoms with E-state index in [-0.39, 0.29) is 0 Å². The lowest BCUT2D eigenvalue weighted by Gasteiger charge is -2.21. The van der Waals surface area contributed by atoms with Crippen LogP contribution in [0.1, 0.15) is 44.4 Å². The highest BCUT2D eigenvalue weighted by atomic mass is 16.4. The summed E-state index contributed by atoms with van der Waals surface area (Å²) in [6.45, 7) is 1.63. The highest BCUT2D eigenvalue weighted by molar-refractivity contribution is 5.16. The smallest absolute Gasteiger partial charge is 0.315 e. The van der Waals surface area contributed by atoms with E-state index >= 15 is 0 Å². The van der Waals surface area contributed by atoms with Crippen molar-refractivity contribution in [1.29, 1.82) is 0 Å². The number of nitrogens with zero attached hydrogens (tertiary/aromatic N) is 3. The molecule has 1 aliphatic carbocycles. The number of hydrogen-bond donors (Lipinski definition) is 1. The van der Waals surface area contributed by atoms with Crippen molar-refractivity contribution >= 4 is 6.01 Å². The highest BCUT2D eigenvalue weighted by Gasteiger charge is 2.13. The third kappa shape index (κ3) is 4.29. The number of nitrogens with one attached hydrogen (secondary N) is 1. The minimum absolute atomic E-state index is 0.558.